The Morgan fingerprint density at radius 3 is 2.52 bits per heavy atom. The number of amides is 2. The van der Waals surface area contributed by atoms with Crippen molar-refractivity contribution in [1.29, 1.82) is 0 Å². The number of likely N-dealkylation sites (N-methyl/N-ethyl adjacent to an activating group) is 1. The van der Waals surface area contributed by atoms with E-state index in [1.165, 1.54) is 0 Å². The molecule has 25 heavy (non-hydrogen) atoms. The standard InChI is InChI=1S/C18H26BrN3O3/c1-20-18(24)14-7-9-22(10-8-14)13-17(23)21(2)11-12-25-16-5-3-15(19)4-6-16/h3-6,14H,7-13H2,1-2H3,(H,20,24). The van der Waals surface area contributed by atoms with Gasteiger partial charge < -0.3 is 15.0 Å². The van der Waals surface area contributed by atoms with Gasteiger partial charge in [0.2, 0.25) is 11.8 Å². The topological polar surface area (TPSA) is 61.9 Å². The Morgan fingerprint density at radius 2 is 1.92 bits per heavy atom. The fourth-order valence-electron chi connectivity index (χ4n) is 2.83. The van der Waals surface area contributed by atoms with E-state index in [1.807, 2.05) is 24.3 Å². The van der Waals surface area contributed by atoms with Crippen LogP contribution in [0.15, 0.2) is 28.7 Å². The minimum absolute atomic E-state index is 0.0772. The van der Waals surface area contributed by atoms with Crippen LogP contribution >= 0.6 is 15.9 Å². The highest BCUT2D eigenvalue weighted by Crippen LogP contribution is 2.17. The van der Waals surface area contributed by atoms with Gasteiger partial charge in [-0.1, -0.05) is 15.9 Å². The van der Waals surface area contributed by atoms with Gasteiger partial charge in [-0.05, 0) is 50.2 Å². The average molecular weight is 412 g/mol. The zero-order valence-corrected chi connectivity index (χ0v) is 16.4. The van der Waals surface area contributed by atoms with Crippen LogP contribution in [0.25, 0.3) is 0 Å². The first-order valence-electron chi connectivity index (χ1n) is 8.56. The van der Waals surface area contributed by atoms with E-state index in [1.54, 1.807) is 19.0 Å². The number of halogens is 1. The summed E-state index contributed by atoms with van der Waals surface area (Å²) >= 11 is 3.38. The molecule has 0 bridgehead atoms. The summed E-state index contributed by atoms with van der Waals surface area (Å²) in [6.07, 6.45) is 1.62. The molecule has 2 rings (SSSR count). The lowest BCUT2D eigenvalue weighted by Crippen LogP contribution is -2.45. The van der Waals surface area contributed by atoms with Crippen LogP contribution in [0, 0.1) is 5.92 Å². The molecular weight excluding hydrogens is 386 g/mol. The zero-order chi connectivity index (χ0) is 18.2. The second kappa shape index (κ2) is 9.77. The molecule has 0 atom stereocenters. The molecule has 1 fully saturated rings. The van der Waals surface area contributed by atoms with Crippen molar-refractivity contribution < 1.29 is 14.3 Å². The lowest BCUT2D eigenvalue weighted by Gasteiger charge is -2.31. The molecule has 2 amide bonds. The SMILES string of the molecule is CNC(=O)C1CCN(CC(=O)N(C)CCOc2ccc(Br)cc2)CC1. The molecule has 0 aromatic heterocycles. The number of piperidine rings is 1. The van der Waals surface area contributed by atoms with E-state index in [0.29, 0.717) is 19.7 Å². The van der Waals surface area contributed by atoms with E-state index in [-0.39, 0.29) is 17.7 Å². The fourth-order valence-corrected chi connectivity index (χ4v) is 3.09. The molecule has 0 unspecified atom stereocenters. The van der Waals surface area contributed by atoms with Gasteiger partial charge >= 0.3 is 0 Å². The van der Waals surface area contributed by atoms with Gasteiger partial charge in [0.15, 0.2) is 0 Å². The highest BCUT2D eigenvalue weighted by atomic mass is 79.9. The van der Waals surface area contributed by atoms with Crippen molar-refractivity contribution in [2.45, 2.75) is 12.8 Å². The van der Waals surface area contributed by atoms with E-state index in [0.717, 1.165) is 36.2 Å². The predicted molar refractivity (Wildman–Crippen MR) is 101 cm³/mol. The Hall–Kier alpha value is -1.60. The highest BCUT2D eigenvalue weighted by Gasteiger charge is 2.25. The number of carbonyl (C=O) groups excluding carboxylic acids is 2. The number of likely N-dealkylation sites (tertiary alicyclic amines) is 1. The third-order valence-corrected chi connectivity index (χ3v) is 5.03. The van der Waals surface area contributed by atoms with Gasteiger partial charge in [-0.2, -0.15) is 0 Å². The Labute approximate surface area is 157 Å². The summed E-state index contributed by atoms with van der Waals surface area (Å²) in [5.41, 5.74) is 0. The number of nitrogens with zero attached hydrogens (tertiary/aromatic N) is 2. The molecular formula is C18H26BrN3O3. The van der Waals surface area contributed by atoms with Gasteiger partial charge in [-0.15, -0.1) is 0 Å². The van der Waals surface area contributed by atoms with Crippen LogP contribution in [-0.2, 0) is 9.59 Å². The summed E-state index contributed by atoms with van der Waals surface area (Å²) in [6, 6.07) is 7.63. The van der Waals surface area contributed by atoms with Crippen LogP contribution in [0.3, 0.4) is 0 Å². The fraction of sp³-hybridized carbons (Fsp3) is 0.556. The molecule has 6 nitrogen and oxygen atoms in total. The van der Waals surface area contributed by atoms with E-state index in [4.69, 9.17) is 4.74 Å². The molecule has 7 heteroatoms. The third-order valence-electron chi connectivity index (χ3n) is 4.50. The van der Waals surface area contributed by atoms with Gasteiger partial charge in [0.1, 0.15) is 12.4 Å². The van der Waals surface area contributed by atoms with Crippen molar-refractivity contribution in [3.63, 3.8) is 0 Å². The van der Waals surface area contributed by atoms with E-state index in [2.05, 4.69) is 26.1 Å². The van der Waals surface area contributed by atoms with E-state index in [9.17, 15) is 9.59 Å². The molecule has 1 aliphatic heterocycles. The van der Waals surface area contributed by atoms with Gasteiger partial charge in [-0.3, -0.25) is 14.5 Å². The van der Waals surface area contributed by atoms with Crippen LogP contribution in [0.5, 0.6) is 5.75 Å². The molecule has 1 heterocycles. The normalized spacial score (nSPS) is 15.6. The minimum Gasteiger partial charge on any atom is -0.492 e. The number of ether oxygens (including phenoxy) is 1. The molecule has 1 aliphatic rings. The summed E-state index contributed by atoms with van der Waals surface area (Å²) in [5, 5.41) is 2.70. The van der Waals surface area contributed by atoms with E-state index >= 15 is 0 Å². The molecule has 0 saturated carbocycles. The van der Waals surface area contributed by atoms with Gasteiger partial charge in [0.05, 0.1) is 13.1 Å². The third kappa shape index (κ3) is 6.32. The van der Waals surface area contributed by atoms with Crippen LogP contribution in [-0.4, -0.2) is 68.5 Å². The summed E-state index contributed by atoms with van der Waals surface area (Å²) in [5.74, 6) is 1.06. The zero-order valence-electron chi connectivity index (χ0n) is 14.8. The summed E-state index contributed by atoms with van der Waals surface area (Å²) in [7, 11) is 3.47. The maximum atomic E-state index is 12.3. The monoisotopic (exact) mass is 411 g/mol. The molecule has 0 aliphatic carbocycles. The lowest BCUT2D eigenvalue weighted by atomic mass is 9.96. The van der Waals surface area contributed by atoms with E-state index < -0.39 is 0 Å². The Kier molecular flexibility index (Phi) is 7.71. The number of hydrogen-bond donors (Lipinski definition) is 1. The quantitative estimate of drug-likeness (QED) is 0.742. The maximum Gasteiger partial charge on any atom is 0.236 e. The van der Waals surface area contributed by atoms with Crippen molar-refractivity contribution in [3.05, 3.63) is 28.7 Å². The lowest BCUT2D eigenvalue weighted by molar-refractivity contribution is -0.132. The summed E-state index contributed by atoms with van der Waals surface area (Å²) in [6.45, 7) is 2.97. The first kappa shape index (κ1) is 19.7. The number of carbonyl (C=O) groups is 2. The first-order chi connectivity index (χ1) is 12.0. The van der Waals surface area contributed by atoms with Crippen molar-refractivity contribution >= 4 is 27.7 Å². The molecule has 0 radical (unpaired) electrons. The second-order valence-electron chi connectivity index (χ2n) is 6.28. The Balaban J connectivity index is 1.66. The number of nitrogens with one attached hydrogen (secondary N) is 1. The van der Waals surface area contributed by atoms with Crippen LogP contribution < -0.4 is 10.1 Å². The van der Waals surface area contributed by atoms with Crippen molar-refractivity contribution in [3.8, 4) is 5.75 Å². The Morgan fingerprint density at radius 1 is 1.28 bits per heavy atom. The van der Waals surface area contributed by atoms with Crippen LogP contribution in [0.4, 0.5) is 0 Å². The molecule has 1 aromatic carbocycles. The smallest absolute Gasteiger partial charge is 0.236 e. The average Bonchev–Trinajstić information content (AvgIpc) is 2.63. The van der Waals surface area contributed by atoms with Gasteiger partial charge in [0.25, 0.3) is 0 Å². The maximum absolute atomic E-state index is 12.3. The number of rotatable bonds is 7. The van der Waals surface area contributed by atoms with Gasteiger partial charge in [-0.25, -0.2) is 0 Å². The second-order valence-corrected chi connectivity index (χ2v) is 7.20. The first-order valence-corrected chi connectivity index (χ1v) is 9.35. The van der Waals surface area contributed by atoms with Crippen LogP contribution in [0.1, 0.15) is 12.8 Å². The highest BCUT2D eigenvalue weighted by molar-refractivity contribution is 9.10. The molecule has 1 aromatic rings. The molecule has 1 N–H and O–H groups in total. The van der Waals surface area contributed by atoms with Crippen LogP contribution in [0.2, 0.25) is 0 Å². The number of benzene rings is 1. The largest absolute Gasteiger partial charge is 0.492 e. The number of hydrogen-bond acceptors (Lipinski definition) is 4. The van der Waals surface area contributed by atoms with Crippen molar-refractivity contribution in [2.24, 2.45) is 5.92 Å². The van der Waals surface area contributed by atoms with Gasteiger partial charge in [0, 0.05) is 24.5 Å². The van der Waals surface area contributed by atoms with Crippen molar-refractivity contribution in [2.75, 3.05) is 46.9 Å². The summed E-state index contributed by atoms with van der Waals surface area (Å²) in [4.78, 5) is 27.8. The predicted octanol–water partition coefficient (Wildman–Crippen LogP) is 1.74. The summed E-state index contributed by atoms with van der Waals surface area (Å²) < 4.78 is 6.66. The van der Waals surface area contributed by atoms with Crippen molar-refractivity contribution in [1.82, 2.24) is 15.1 Å². The molecule has 0 spiro atoms. The molecule has 138 valence electrons. The Bertz CT molecular complexity index is 571. The molecule has 1 saturated heterocycles. The minimum atomic E-state index is 0.0772.